The second kappa shape index (κ2) is 8.33. The number of nitrogens with one attached hydrogen (secondary N) is 1. The summed E-state index contributed by atoms with van der Waals surface area (Å²) in [6.45, 7) is 0.192. The second-order valence-electron chi connectivity index (χ2n) is 5.64. The normalized spacial score (nSPS) is 11.8. The Labute approximate surface area is 149 Å². The van der Waals surface area contributed by atoms with Gasteiger partial charge in [0.2, 0.25) is 15.7 Å². The Morgan fingerprint density at radius 1 is 1.12 bits per heavy atom. The molecule has 0 unspecified atom stereocenters. The van der Waals surface area contributed by atoms with Gasteiger partial charge in [-0.05, 0) is 37.4 Å². The highest BCUT2D eigenvalue weighted by Crippen LogP contribution is 2.20. The molecule has 0 spiro atoms. The molecule has 0 bridgehead atoms. The molecule has 2 aromatic rings. The maximum atomic E-state index is 13.6. The molecule has 0 aromatic heterocycles. The summed E-state index contributed by atoms with van der Waals surface area (Å²) in [7, 11) is -3.03. The number of carbonyl (C=O) groups excluding carboxylic acids is 1. The van der Waals surface area contributed by atoms with Crippen molar-refractivity contribution in [3.63, 3.8) is 0 Å². The van der Waals surface area contributed by atoms with Gasteiger partial charge in [0, 0.05) is 17.8 Å². The Morgan fingerprint density at radius 3 is 2.31 bits per heavy atom. The van der Waals surface area contributed by atoms with E-state index >= 15 is 0 Å². The van der Waals surface area contributed by atoms with Crippen molar-refractivity contribution >= 4 is 21.4 Å². The van der Waals surface area contributed by atoms with E-state index in [1.165, 1.54) is 18.2 Å². The van der Waals surface area contributed by atoms with E-state index in [0.717, 1.165) is 12.1 Å². The lowest BCUT2D eigenvalue weighted by molar-refractivity contribution is -0.117. The average Bonchev–Trinajstić information content (AvgIpc) is 2.57. The van der Waals surface area contributed by atoms with Crippen LogP contribution < -0.4 is 5.32 Å². The Balaban J connectivity index is 1.94. The summed E-state index contributed by atoms with van der Waals surface area (Å²) in [5, 5.41) is 2.52. The first-order chi connectivity index (χ1) is 12.2. The van der Waals surface area contributed by atoms with Gasteiger partial charge in [0.05, 0.1) is 11.4 Å². The van der Waals surface area contributed by atoms with Gasteiger partial charge in [-0.3, -0.25) is 9.69 Å². The summed E-state index contributed by atoms with van der Waals surface area (Å²) >= 11 is 0. The van der Waals surface area contributed by atoms with E-state index < -0.39 is 26.4 Å². The number of hydrogen-bond acceptors (Lipinski definition) is 4. The van der Waals surface area contributed by atoms with E-state index in [9.17, 15) is 26.4 Å². The molecule has 0 aliphatic heterocycles. The molecule has 0 saturated carbocycles. The van der Waals surface area contributed by atoms with Crippen molar-refractivity contribution in [1.82, 2.24) is 4.90 Å². The zero-order chi connectivity index (χ0) is 19.3. The number of anilines is 1. The number of carbonyl (C=O) groups is 1. The molecule has 0 saturated heterocycles. The first-order valence-electron chi connectivity index (χ1n) is 7.54. The number of halogens is 3. The molecular weight excluding hydrogens is 369 g/mol. The molecule has 5 nitrogen and oxygen atoms in total. The zero-order valence-corrected chi connectivity index (χ0v) is 14.6. The van der Waals surface area contributed by atoms with Crippen LogP contribution in [0.15, 0.2) is 53.4 Å². The summed E-state index contributed by atoms with van der Waals surface area (Å²) in [5.41, 5.74) is 0.715. The maximum absolute atomic E-state index is 13.6. The Kier molecular flexibility index (Phi) is 6.38. The van der Waals surface area contributed by atoms with Crippen molar-refractivity contribution in [3.05, 3.63) is 59.9 Å². The molecule has 140 valence electrons. The van der Waals surface area contributed by atoms with E-state index in [-0.39, 0.29) is 24.6 Å². The number of likely N-dealkylation sites (N-methyl/N-ethyl adjacent to an activating group) is 1. The molecule has 0 heterocycles. The molecule has 0 atom stereocenters. The predicted octanol–water partition coefficient (Wildman–Crippen LogP) is 2.89. The first kappa shape index (κ1) is 19.9. The molecule has 0 fully saturated rings. The standard InChI is InChI=1S/C17H17F3N2O3S/c1-22(10-12-4-2-3-5-15(12)18)11-16(23)21-13-6-8-14(9-7-13)26(24,25)17(19)20/h2-9,17H,10-11H2,1H3,(H,21,23). The van der Waals surface area contributed by atoms with Crippen molar-refractivity contribution in [1.29, 1.82) is 0 Å². The Bertz CT molecular complexity index is 871. The van der Waals surface area contributed by atoms with Crippen LogP contribution in [0.3, 0.4) is 0 Å². The van der Waals surface area contributed by atoms with Crippen LogP contribution in [-0.2, 0) is 21.2 Å². The molecule has 0 aliphatic rings. The topological polar surface area (TPSA) is 66.5 Å². The lowest BCUT2D eigenvalue weighted by Gasteiger charge is -2.17. The number of sulfone groups is 1. The minimum atomic E-state index is -4.67. The monoisotopic (exact) mass is 386 g/mol. The predicted molar refractivity (Wildman–Crippen MR) is 91.0 cm³/mol. The molecule has 0 aliphatic carbocycles. The van der Waals surface area contributed by atoms with Crippen molar-refractivity contribution in [3.8, 4) is 0 Å². The minimum absolute atomic E-state index is 0.0363. The van der Waals surface area contributed by atoms with E-state index in [4.69, 9.17) is 0 Å². The smallest absolute Gasteiger partial charge is 0.325 e. The quantitative estimate of drug-likeness (QED) is 0.795. The third kappa shape index (κ3) is 5.06. The summed E-state index contributed by atoms with van der Waals surface area (Å²) in [6.07, 6.45) is 0. The van der Waals surface area contributed by atoms with Gasteiger partial charge < -0.3 is 5.32 Å². The minimum Gasteiger partial charge on any atom is -0.325 e. The van der Waals surface area contributed by atoms with Crippen molar-refractivity contribution in [2.75, 3.05) is 18.9 Å². The fourth-order valence-electron chi connectivity index (χ4n) is 2.25. The van der Waals surface area contributed by atoms with Gasteiger partial charge >= 0.3 is 5.76 Å². The largest absolute Gasteiger partial charge is 0.341 e. The van der Waals surface area contributed by atoms with E-state index in [1.54, 1.807) is 30.1 Å². The number of amides is 1. The summed E-state index contributed by atoms with van der Waals surface area (Å²) in [4.78, 5) is 13.1. The van der Waals surface area contributed by atoms with Gasteiger partial charge in [0.15, 0.2) is 0 Å². The average molecular weight is 386 g/mol. The number of benzene rings is 2. The number of alkyl halides is 2. The molecular formula is C17H17F3N2O3S. The molecule has 26 heavy (non-hydrogen) atoms. The highest BCUT2D eigenvalue weighted by molar-refractivity contribution is 7.91. The molecule has 9 heteroatoms. The van der Waals surface area contributed by atoms with Crippen LogP contribution >= 0.6 is 0 Å². The summed E-state index contributed by atoms with van der Waals surface area (Å²) in [5.74, 6) is -4.28. The number of nitrogens with zero attached hydrogens (tertiary/aromatic N) is 1. The van der Waals surface area contributed by atoms with Crippen molar-refractivity contribution < 1.29 is 26.4 Å². The molecule has 2 aromatic carbocycles. The Morgan fingerprint density at radius 2 is 1.73 bits per heavy atom. The fourth-order valence-corrected chi connectivity index (χ4v) is 2.97. The summed E-state index contributed by atoms with van der Waals surface area (Å²) < 4.78 is 61.2. The van der Waals surface area contributed by atoms with Crippen molar-refractivity contribution in [2.24, 2.45) is 0 Å². The molecule has 2 rings (SSSR count). The highest BCUT2D eigenvalue weighted by atomic mass is 32.2. The van der Waals surface area contributed by atoms with Crippen LogP contribution in [0.2, 0.25) is 0 Å². The van der Waals surface area contributed by atoms with Gasteiger partial charge in [-0.2, -0.15) is 8.78 Å². The van der Waals surface area contributed by atoms with E-state index in [1.807, 2.05) is 0 Å². The van der Waals surface area contributed by atoms with Gasteiger partial charge in [-0.1, -0.05) is 18.2 Å². The maximum Gasteiger partial charge on any atom is 0.341 e. The van der Waals surface area contributed by atoms with Crippen LogP contribution in [0, 0.1) is 5.82 Å². The van der Waals surface area contributed by atoms with Crippen LogP contribution in [0.4, 0.5) is 18.9 Å². The van der Waals surface area contributed by atoms with Crippen LogP contribution in [0.1, 0.15) is 5.56 Å². The molecule has 1 N–H and O–H groups in total. The number of hydrogen-bond donors (Lipinski definition) is 1. The van der Waals surface area contributed by atoms with Crippen LogP contribution in [-0.4, -0.2) is 38.6 Å². The fraction of sp³-hybridized carbons (Fsp3) is 0.235. The summed E-state index contributed by atoms with van der Waals surface area (Å²) in [6, 6.07) is 10.7. The lowest BCUT2D eigenvalue weighted by atomic mass is 10.2. The van der Waals surface area contributed by atoms with Crippen molar-refractivity contribution in [2.45, 2.75) is 17.2 Å². The third-order valence-corrected chi connectivity index (χ3v) is 4.91. The van der Waals surface area contributed by atoms with Gasteiger partial charge in [-0.15, -0.1) is 0 Å². The third-order valence-electron chi connectivity index (χ3n) is 3.51. The first-order valence-corrected chi connectivity index (χ1v) is 9.08. The Hall–Kier alpha value is -2.39. The van der Waals surface area contributed by atoms with Gasteiger partial charge in [0.25, 0.3) is 0 Å². The SMILES string of the molecule is CN(CC(=O)Nc1ccc(S(=O)(=O)C(F)F)cc1)Cc1ccccc1F. The van der Waals surface area contributed by atoms with Crippen LogP contribution in [0.5, 0.6) is 0 Å². The van der Waals surface area contributed by atoms with Gasteiger partial charge in [0.1, 0.15) is 5.82 Å². The molecule has 0 radical (unpaired) electrons. The van der Waals surface area contributed by atoms with E-state index in [2.05, 4.69) is 5.32 Å². The molecule has 1 amide bonds. The zero-order valence-electron chi connectivity index (χ0n) is 13.8. The highest BCUT2D eigenvalue weighted by Gasteiger charge is 2.26. The van der Waals surface area contributed by atoms with Crippen LogP contribution in [0.25, 0.3) is 0 Å². The number of rotatable bonds is 7. The lowest BCUT2D eigenvalue weighted by Crippen LogP contribution is -2.30. The van der Waals surface area contributed by atoms with E-state index in [0.29, 0.717) is 5.56 Å². The second-order valence-corrected chi connectivity index (χ2v) is 7.56. The van der Waals surface area contributed by atoms with Gasteiger partial charge in [-0.25, -0.2) is 12.8 Å².